The molecule has 3 aliphatic rings. The minimum absolute atomic E-state index is 0.272. The first-order valence-electron chi connectivity index (χ1n) is 5.70. The van der Waals surface area contributed by atoms with E-state index in [0.717, 1.165) is 13.0 Å². The van der Waals surface area contributed by atoms with Crippen molar-refractivity contribution in [2.75, 3.05) is 19.6 Å². The standard InChI is InChI=1S/C11H18N2O/c14-9-5-11(8-13-9)6-10(7-11)1-3-12-4-2-10/h12H,1-8H2,(H,13,14). The average Bonchev–Trinajstić information content (AvgIpc) is 2.48. The van der Waals surface area contributed by atoms with E-state index in [1.54, 1.807) is 0 Å². The molecule has 2 aliphatic heterocycles. The average molecular weight is 194 g/mol. The van der Waals surface area contributed by atoms with Gasteiger partial charge >= 0.3 is 0 Å². The van der Waals surface area contributed by atoms with Crippen LogP contribution < -0.4 is 10.6 Å². The maximum atomic E-state index is 11.2. The second kappa shape index (κ2) is 2.72. The summed E-state index contributed by atoms with van der Waals surface area (Å²) in [6, 6.07) is 0. The van der Waals surface area contributed by atoms with Crippen molar-refractivity contribution in [3.8, 4) is 0 Å². The molecule has 0 aromatic rings. The lowest BCUT2D eigenvalue weighted by Crippen LogP contribution is -2.52. The van der Waals surface area contributed by atoms with E-state index in [0.29, 0.717) is 10.8 Å². The predicted molar refractivity (Wildman–Crippen MR) is 53.8 cm³/mol. The summed E-state index contributed by atoms with van der Waals surface area (Å²) in [5.41, 5.74) is 0.978. The molecule has 1 amide bonds. The molecule has 3 heteroatoms. The number of hydrogen-bond acceptors (Lipinski definition) is 2. The summed E-state index contributed by atoms with van der Waals surface area (Å²) in [6.45, 7) is 3.30. The number of piperidine rings is 1. The largest absolute Gasteiger partial charge is 0.356 e. The van der Waals surface area contributed by atoms with Crippen molar-refractivity contribution in [2.24, 2.45) is 10.8 Å². The Bertz CT molecular complexity index is 260. The monoisotopic (exact) mass is 194 g/mol. The molecule has 0 aromatic carbocycles. The van der Waals surface area contributed by atoms with Gasteiger partial charge in [0.05, 0.1) is 0 Å². The highest BCUT2D eigenvalue weighted by molar-refractivity contribution is 5.79. The molecule has 0 bridgehead atoms. The van der Waals surface area contributed by atoms with Gasteiger partial charge in [-0.25, -0.2) is 0 Å². The van der Waals surface area contributed by atoms with E-state index in [4.69, 9.17) is 0 Å². The normalized spacial score (nSPS) is 33.0. The number of amides is 1. The Balaban J connectivity index is 1.66. The van der Waals surface area contributed by atoms with Crippen LogP contribution in [0.4, 0.5) is 0 Å². The van der Waals surface area contributed by atoms with Crippen molar-refractivity contribution in [3.05, 3.63) is 0 Å². The van der Waals surface area contributed by atoms with Crippen LogP contribution in [0.15, 0.2) is 0 Å². The van der Waals surface area contributed by atoms with Gasteiger partial charge in [-0.3, -0.25) is 4.79 Å². The molecule has 3 rings (SSSR count). The molecule has 1 aliphatic carbocycles. The van der Waals surface area contributed by atoms with E-state index in [9.17, 15) is 4.79 Å². The minimum Gasteiger partial charge on any atom is -0.356 e. The summed E-state index contributed by atoms with van der Waals surface area (Å²) in [4.78, 5) is 11.2. The predicted octanol–water partition coefficient (Wildman–Crippen LogP) is 0.656. The van der Waals surface area contributed by atoms with Crippen LogP contribution in [0.1, 0.15) is 32.1 Å². The molecule has 2 heterocycles. The zero-order valence-corrected chi connectivity index (χ0v) is 8.57. The lowest BCUT2D eigenvalue weighted by Gasteiger charge is -2.56. The molecule has 0 radical (unpaired) electrons. The molecule has 3 nitrogen and oxygen atoms in total. The highest BCUT2D eigenvalue weighted by atomic mass is 16.1. The number of rotatable bonds is 0. The van der Waals surface area contributed by atoms with Crippen LogP contribution in [0, 0.1) is 10.8 Å². The zero-order chi connectivity index (χ0) is 9.65. The molecule has 3 fully saturated rings. The van der Waals surface area contributed by atoms with Gasteiger partial charge in [-0.05, 0) is 49.6 Å². The maximum absolute atomic E-state index is 11.2. The molecule has 0 aromatic heterocycles. The third-order valence-corrected chi connectivity index (χ3v) is 4.36. The first-order valence-corrected chi connectivity index (χ1v) is 5.70. The number of carbonyl (C=O) groups excluding carboxylic acids is 1. The van der Waals surface area contributed by atoms with E-state index in [2.05, 4.69) is 10.6 Å². The quantitative estimate of drug-likeness (QED) is 0.594. The van der Waals surface area contributed by atoms with E-state index < -0.39 is 0 Å². The lowest BCUT2D eigenvalue weighted by molar-refractivity contribution is -0.121. The van der Waals surface area contributed by atoms with Gasteiger partial charge in [0.25, 0.3) is 0 Å². The van der Waals surface area contributed by atoms with Crippen molar-refractivity contribution < 1.29 is 4.79 Å². The maximum Gasteiger partial charge on any atom is 0.220 e. The second-order valence-electron chi connectivity index (χ2n) is 5.56. The van der Waals surface area contributed by atoms with Crippen molar-refractivity contribution in [1.29, 1.82) is 0 Å². The first kappa shape index (κ1) is 8.72. The van der Waals surface area contributed by atoms with Crippen LogP contribution in [0.2, 0.25) is 0 Å². The SMILES string of the molecule is O=C1CC2(CN1)CC1(CCNCC1)C2. The Labute approximate surface area is 84.6 Å². The summed E-state index contributed by atoms with van der Waals surface area (Å²) in [7, 11) is 0. The molecule has 0 atom stereocenters. The second-order valence-corrected chi connectivity index (χ2v) is 5.56. The fraction of sp³-hybridized carbons (Fsp3) is 0.909. The highest BCUT2D eigenvalue weighted by Crippen LogP contribution is 2.61. The van der Waals surface area contributed by atoms with Crippen LogP contribution in [0.5, 0.6) is 0 Å². The molecule has 1 saturated carbocycles. The molecular formula is C11H18N2O. The van der Waals surface area contributed by atoms with Crippen LogP contribution >= 0.6 is 0 Å². The van der Waals surface area contributed by atoms with Crippen molar-refractivity contribution in [2.45, 2.75) is 32.1 Å². The van der Waals surface area contributed by atoms with Gasteiger partial charge < -0.3 is 10.6 Å². The van der Waals surface area contributed by atoms with Crippen molar-refractivity contribution >= 4 is 5.91 Å². The minimum atomic E-state index is 0.272. The molecular weight excluding hydrogens is 176 g/mol. The summed E-state index contributed by atoms with van der Waals surface area (Å²) in [6.07, 6.45) is 6.02. The van der Waals surface area contributed by atoms with Gasteiger partial charge in [0.1, 0.15) is 0 Å². The zero-order valence-electron chi connectivity index (χ0n) is 8.57. The number of carbonyl (C=O) groups is 1. The van der Waals surface area contributed by atoms with Crippen LogP contribution in [-0.2, 0) is 4.79 Å². The molecule has 2 N–H and O–H groups in total. The summed E-state index contributed by atoms with van der Waals surface area (Å²) >= 11 is 0. The van der Waals surface area contributed by atoms with Crippen molar-refractivity contribution in [3.63, 3.8) is 0 Å². The fourth-order valence-electron chi connectivity index (χ4n) is 3.85. The summed E-state index contributed by atoms with van der Waals surface area (Å²) in [5.74, 6) is 0.272. The molecule has 2 saturated heterocycles. The topological polar surface area (TPSA) is 41.1 Å². The van der Waals surface area contributed by atoms with Crippen molar-refractivity contribution in [1.82, 2.24) is 10.6 Å². The van der Waals surface area contributed by atoms with E-state index in [1.165, 1.54) is 38.8 Å². The van der Waals surface area contributed by atoms with Gasteiger partial charge in [-0.15, -0.1) is 0 Å². The van der Waals surface area contributed by atoms with Gasteiger partial charge in [0.15, 0.2) is 0 Å². The third-order valence-electron chi connectivity index (χ3n) is 4.36. The Hall–Kier alpha value is -0.570. The van der Waals surface area contributed by atoms with Gasteiger partial charge in [0.2, 0.25) is 5.91 Å². The van der Waals surface area contributed by atoms with Gasteiger partial charge in [-0.2, -0.15) is 0 Å². The summed E-state index contributed by atoms with van der Waals surface area (Å²) < 4.78 is 0. The number of nitrogens with one attached hydrogen (secondary N) is 2. The summed E-state index contributed by atoms with van der Waals surface area (Å²) in [5, 5.41) is 6.39. The third kappa shape index (κ3) is 1.18. The smallest absolute Gasteiger partial charge is 0.220 e. The van der Waals surface area contributed by atoms with Crippen LogP contribution in [-0.4, -0.2) is 25.5 Å². The highest BCUT2D eigenvalue weighted by Gasteiger charge is 2.56. The Morgan fingerprint density at radius 2 is 1.79 bits per heavy atom. The molecule has 78 valence electrons. The molecule has 0 unspecified atom stereocenters. The molecule has 2 spiro atoms. The van der Waals surface area contributed by atoms with E-state index >= 15 is 0 Å². The Morgan fingerprint density at radius 3 is 2.36 bits per heavy atom. The first-order chi connectivity index (χ1) is 6.72. The van der Waals surface area contributed by atoms with Gasteiger partial charge in [0, 0.05) is 13.0 Å². The van der Waals surface area contributed by atoms with Crippen LogP contribution in [0.3, 0.4) is 0 Å². The van der Waals surface area contributed by atoms with Gasteiger partial charge in [-0.1, -0.05) is 0 Å². The van der Waals surface area contributed by atoms with E-state index in [1.807, 2.05) is 0 Å². The Kier molecular flexibility index (Phi) is 1.69. The number of hydrogen-bond donors (Lipinski definition) is 2. The molecule has 14 heavy (non-hydrogen) atoms. The van der Waals surface area contributed by atoms with E-state index in [-0.39, 0.29) is 5.91 Å². The van der Waals surface area contributed by atoms with Crippen LogP contribution in [0.25, 0.3) is 0 Å². The lowest BCUT2D eigenvalue weighted by atomic mass is 9.49. The Morgan fingerprint density at radius 1 is 1.07 bits per heavy atom. The fourth-order valence-corrected chi connectivity index (χ4v) is 3.85.